The van der Waals surface area contributed by atoms with Gasteiger partial charge in [-0.15, -0.1) is 0 Å². The number of aryl methyl sites for hydroxylation is 1. The number of aliphatic hydroxyl groups excluding tert-OH is 1. The maximum atomic E-state index is 13.1. The monoisotopic (exact) mass is 329 g/mol. The van der Waals surface area contributed by atoms with Crippen LogP contribution in [0.5, 0.6) is 0 Å². The average molecular weight is 330 g/mol. The molecule has 0 unspecified atom stereocenters. The predicted molar refractivity (Wildman–Crippen MR) is 74.2 cm³/mol. The predicted octanol–water partition coefficient (Wildman–Crippen LogP) is 2.55. The van der Waals surface area contributed by atoms with Gasteiger partial charge in [0.15, 0.2) is 0 Å². The fraction of sp³-hybridized carbons (Fsp3) is 0.500. The lowest BCUT2D eigenvalue weighted by molar-refractivity contribution is -0.122. The van der Waals surface area contributed by atoms with Crippen LogP contribution < -0.4 is 5.32 Å². The summed E-state index contributed by atoms with van der Waals surface area (Å²) in [5.41, 5.74) is 0.780. The Kier molecular flexibility index (Phi) is 4.93. The Labute approximate surface area is 120 Å². The van der Waals surface area contributed by atoms with Crippen LogP contribution in [0, 0.1) is 5.82 Å². The molecule has 1 amide bonds. The fourth-order valence-corrected chi connectivity index (χ4v) is 2.82. The van der Waals surface area contributed by atoms with Crippen LogP contribution in [0.3, 0.4) is 0 Å². The molecule has 0 radical (unpaired) electrons. The van der Waals surface area contributed by atoms with Crippen molar-refractivity contribution in [2.24, 2.45) is 0 Å². The lowest BCUT2D eigenvalue weighted by atomic mass is 10.1. The Morgan fingerprint density at radius 3 is 2.95 bits per heavy atom. The van der Waals surface area contributed by atoms with Crippen molar-refractivity contribution in [1.29, 1.82) is 0 Å². The van der Waals surface area contributed by atoms with Crippen molar-refractivity contribution >= 4 is 21.8 Å². The molecule has 0 spiro atoms. The second-order valence-corrected chi connectivity index (χ2v) is 5.76. The Morgan fingerprint density at radius 1 is 1.47 bits per heavy atom. The minimum atomic E-state index is -0.426. The Hall–Kier alpha value is -0.940. The highest BCUT2D eigenvalue weighted by Crippen LogP contribution is 2.21. The molecule has 104 valence electrons. The van der Waals surface area contributed by atoms with Gasteiger partial charge in [0.1, 0.15) is 5.82 Å². The van der Waals surface area contributed by atoms with Crippen LogP contribution in [0.2, 0.25) is 0 Å². The molecule has 1 aromatic carbocycles. The zero-order valence-electron chi connectivity index (χ0n) is 10.5. The summed E-state index contributed by atoms with van der Waals surface area (Å²) in [5.74, 6) is -0.396. The first-order valence-corrected chi connectivity index (χ1v) is 7.27. The third-order valence-corrected chi connectivity index (χ3v) is 4.23. The van der Waals surface area contributed by atoms with Gasteiger partial charge >= 0.3 is 0 Å². The molecular formula is C14H17BrFNO2. The molecule has 1 aliphatic rings. The van der Waals surface area contributed by atoms with E-state index >= 15 is 0 Å². The van der Waals surface area contributed by atoms with Gasteiger partial charge in [-0.2, -0.15) is 0 Å². The van der Waals surface area contributed by atoms with Gasteiger partial charge in [-0.3, -0.25) is 4.79 Å². The van der Waals surface area contributed by atoms with E-state index in [1.807, 2.05) is 0 Å². The number of hydrogen-bond acceptors (Lipinski definition) is 2. The smallest absolute Gasteiger partial charge is 0.220 e. The molecule has 5 heteroatoms. The topological polar surface area (TPSA) is 49.3 Å². The van der Waals surface area contributed by atoms with Gasteiger partial charge in [0.2, 0.25) is 5.91 Å². The highest BCUT2D eigenvalue weighted by Gasteiger charge is 2.26. The minimum Gasteiger partial charge on any atom is -0.391 e. The Morgan fingerprint density at radius 2 is 2.26 bits per heavy atom. The normalized spacial score (nSPS) is 22.5. The van der Waals surface area contributed by atoms with Crippen molar-refractivity contribution in [2.75, 3.05) is 0 Å². The molecule has 0 saturated heterocycles. The Bertz CT molecular complexity index is 467. The van der Waals surface area contributed by atoms with Crippen molar-refractivity contribution in [3.8, 4) is 0 Å². The molecule has 2 N–H and O–H groups in total. The molecule has 1 aromatic rings. The summed E-state index contributed by atoms with van der Waals surface area (Å²) in [6.07, 6.45) is 2.88. The van der Waals surface area contributed by atoms with Crippen molar-refractivity contribution in [2.45, 2.75) is 44.2 Å². The van der Waals surface area contributed by atoms with Gasteiger partial charge in [0.05, 0.1) is 12.1 Å². The molecular weight excluding hydrogens is 313 g/mol. The standard InChI is InChI=1S/C14H17BrFNO2/c15-11-6-5-10(16)8-9(11)4-7-14(19)17-12-2-1-3-13(12)18/h5-6,8,12-13,18H,1-4,7H2,(H,17,19)/t12-,13-/m0/s1. The molecule has 19 heavy (non-hydrogen) atoms. The van der Waals surface area contributed by atoms with E-state index in [9.17, 15) is 14.3 Å². The van der Waals surface area contributed by atoms with E-state index in [1.165, 1.54) is 12.1 Å². The van der Waals surface area contributed by atoms with Crippen LogP contribution in [0.25, 0.3) is 0 Å². The molecule has 2 atom stereocenters. The lowest BCUT2D eigenvalue weighted by Crippen LogP contribution is -2.39. The summed E-state index contributed by atoms with van der Waals surface area (Å²) < 4.78 is 13.9. The van der Waals surface area contributed by atoms with Gasteiger partial charge in [-0.05, 0) is 49.4 Å². The molecule has 1 fully saturated rings. The van der Waals surface area contributed by atoms with Gasteiger partial charge in [-0.1, -0.05) is 15.9 Å². The first-order chi connectivity index (χ1) is 9.06. The zero-order chi connectivity index (χ0) is 13.8. The molecule has 0 heterocycles. The highest BCUT2D eigenvalue weighted by atomic mass is 79.9. The maximum Gasteiger partial charge on any atom is 0.220 e. The van der Waals surface area contributed by atoms with Crippen LogP contribution in [-0.2, 0) is 11.2 Å². The van der Waals surface area contributed by atoms with E-state index in [-0.39, 0.29) is 17.8 Å². The average Bonchev–Trinajstić information content (AvgIpc) is 2.76. The van der Waals surface area contributed by atoms with Crippen LogP contribution in [0.1, 0.15) is 31.2 Å². The summed E-state index contributed by atoms with van der Waals surface area (Å²) in [7, 11) is 0. The van der Waals surface area contributed by atoms with Crippen molar-refractivity contribution in [1.82, 2.24) is 5.32 Å². The van der Waals surface area contributed by atoms with Crippen LogP contribution in [0.15, 0.2) is 22.7 Å². The second-order valence-electron chi connectivity index (χ2n) is 4.91. The Balaban J connectivity index is 1.84. The number of hydrogen-bond donors (Lipinski definition) is 2. The number of benzene rings is 1. The summed E-state index contributed by atoms with van der Waals surface area (Å²) in [6.45, 7) is 0. The van der Waals surface area contributed by atoms with Crippen molar-refractivity contribution in [3.63, 3.8) is 0 Å². The molecule has 0 aliphatic heterocycles. The minimum absolute atomic E-state index is 0.0953. The molecule has 0 bridgehead atoms. The number of carbonyl (C=O) groups excluding carboxylic acids is 1. The van der Waals surface area contributed by atoms with Crippen LogP contribution in [0.4, 0.5) is 4.39 Å². The number of carbonyl (C=O) groups is 1. The van der Waals surface area contributed by atoms with Gasteiger partial charge in [-0.25, -0.2) is 4.39 Å². The summed E-state index contributed by atoms with van der Waals surface area (Å²) in [5, 5.41) is 12.5. The molecule has 1 saturated carbocycles. The highest BCUT2D eigenvalue weighted by molar-refractivity contribution is 9.10. The number of amides is 1. The molecule has 0 aromatic heterocycles. The van der Waals surface area contributed by atoms with E-state index in [0.717, 1.165) is 29.3 Å². The number of aliphatic hydroxyl groups is 1. The van der Waals surface area contributed by atoms with E-state index in [4.69, 9.17) is 0 Å². The van der Waals surface area contributed by atoms with Gasteiger partial charge in [0, 0.05) is 10.9 Å². The summed E-state index contributed by atoms with van der Waals surface area (Å²) >= 11 is 3.34. The quantitative estimate of drug-likeness (QED) is 0.891. The van der Waals surface area contributed by atoms with Crippen LogP contribution >= 0.6 is 15.9 Å². The third kappa shape index (κ3) is 4.01. The summed E-state index contributed by atoms with van der Waals surface area (Å²) in [4.78, 5) is 11.8. The van der Waals surface area contributed by atoms with Gasteiger partial charge in [0.25, 0.3) is 0 Å². The number of rotatable bonds is 4. The van der Waals surface area contributed by atoms with E-state index in [0.29, 0.717) is 12.8 Å². The number of halogens is 2. The fourth-order valence-electron chi connectivity index (χ4n) is 2.37. The maximum absolute atomic E-state index is 13.1. The molecule has 1 aliphatic carbocycles. The molecule has 3 nitrogen and oxygen atoms in total. The van der Waals surface area contributed by atoms with E-state index in [2.05, 4.69) is 21.2 Å². The summed E-state index contributed by atoms with van der Waals surface area (Å²) in [6, 6.07) is 4.33. The van der Waals surface area contributed by atoms with Crippen molar-refractivity contribution in [3.05, 3.63) is 34.1 Å². The second kappa shape index (κ2) is 6.48. The molecule has 2 rings (SSSR count). The third-order valence-electron chi connectivity index (χ3n) is 3.46. The van der Waals surface area contributed by atoms with E-state index in [1.54, 1.807) is 6.07 Å². The van der Waals surface area contributed by atoms with E-state index < -0.39 is 6.10 Å². The number of nitrogens with one attached hydrogen (secondary N) is 1. The van der Waals surface area contributed by atoms with Gasteiger partial charge < -0.3 is 10.4 Å². The van der Waals surface area contributed by atoms with Crippen LogP contribution in [-0.4, -0.2) is 23.2 Å². The SMILES string of the molecule is O=C(CCc1cc(F)ccc1Br)N[C@H]1CCC[C@@H]1O. The zero-order valence-corrected chi connectivity index (χ0v) is 12.1. The largest absolute Gasteiger partial charge is 0.391 e. The van der Waals surface area contributed by atoms with Crippen molar-refractivity contribution < 1.29 is 14.3 Å². The first-order valence-electron chi connectivity index (χ1n) is 6.47. The first kappa shape index (κ1) is 14.5. The lowest BCUT2D eigenvalue weighted by Gasteiger charge is -2.16.